The number of anilines is 1. The summed E-state index contributed by atoms with van der Waals surface area (Å²) in [5, 5.41) is 7.21. The molecule has 0 unspecified atom stereocenters. The van der Waals surface area contributed by atoms with Crippen molar-refractivity contribution in [3.8, 4) is 22.4 Å². The average molecular weight is 278 g/mol. The van der Waals surface area contributed by atoms with E-state index < -0.39 is 0 Å². The lowest BCUT2D eigenvalue weighted by atomic mass is 9.98. The number of H-pyrrole nitrogens is 1. The van der Waals surface area contributed by atoms with Crippen LogP contribution in [0.2, 0.25) is 0 Å². The molecule has 2 heterocycles. The first-order valence-electron chi connectivity index (χ1n) is 6.90. The molecule has 0 bridgehead atoms. The van der Waals surface area contributed by atoms with E-state index in [1.807, 2.05) is 19.3 Å². The molecule has 21 heavy (non-hydrogen) atoms. The van der Waals surface area contributed by atoms with Gasteiger partial charge in [0.25, 0.3) is 0 Å². The largest absolute Gasteiger partial charge is 0.382 e. The van der Waals surface area contributed by atoms with Gasteiger partial charge in [-0.1, -0.05) is 18.2 Å². The van der Waals surface area contributed by atoms with Gasteiger partial charge in [0.15, 0.2) is 5.82 Å². The van der Waals surface area contributed by atoms with Gasteiger partial charge in [-0.15, -0.1) is 0 Å². The second-order valence-electron chi connectivity index (χ2n) is 5.41. The normalized spacial score (nSPS) is 10.8. The number of aromatic amines is 1. The van der Waals surface area contributed by atoms with E-state index >= 15 is 0 Å². The van der Waals surface area contributed by atoms with Gasteiger partial charge in [-0.05, 0) is 49.1 Å². The van der Waals surface area contributed by atoms with Crippen molar-refractivity contribution in [1.29, 1.82) is 0 Å². The van der Waals surface area contributed by atoms with Crippen LogP contribution in [0.15, 0.2) is 36.7 Å². The van der Waals surface area contributed by atoms with E-state index in [1.165, 1.54) is 11.1 Å². The molecule has 0 amide bonds. The summed E-state index contributed by atoms with van der Waals surface area (Å²) in [7, 11) is 0. The topological polar surface area (TPSA) is 67.6 Å². The van der Waals surface area contributed by atoms with Crippen LogP contribution >= 0.6 is 0 Å². The standard InChI is InChI=1S/C17H18N4/c1-10-6-14(9-19-8-10)16-15(17(18)21-20-16)13-5-4-11(2)12(3)7-13/h4-9H,1-3H3,(H3,18,20,21). The third kappa shape index (κ3) is 2.40. The predicted molar refractivity (Wildman–Crippen MR) is 85.9 cm³/mol. The van der Waals surface area contributed by atoms with Gasteiger partial charge in [0.1, 0.15) is 0 Å². The van der Waals surface area contributed by atoms with E-state index in [-0.39, 0.29) is 0 Å². The Balaban J connectivity index is 2.19. The summed E-state index contributed by atoms with van der Waals surface area (Å²) in [5.41, 5.74) is 13.6. The number of aryl methyl sites for hydroxylation is 3. The van der Waals surface area contributed by atoms with Crippen LogP contribution in [0.5, 0.6) is 0 Å². The third-order valence-corrected chi connectivity index (χ3v) is 3.75. The van der Waals surface area contributed by atoms with Gasteiger partial charge in [0, 0.05) is 18.0 Å². The highest BCUT2D eigenvalue weighted by atomic mass is 15.2. The molecule has 0 saturated carbocycles. The summed E-state index contributed by atoms with van der Waals surface area (Å²) >= 11 is 0. The molecule has 3 rings (SSSR count). The van der Waals surface area contributed by atoms with Crippen LogP contribution in [0.3, 0.4) is 0 Å². The highest BCUT2D eigenvalue weighted by molar-refractivity contribution is 5.87. The number of nitrogens with zero attached hydrogens (tertiary/aromatic N) is 2. The molecule has 0 saturated heterocycles. The zero-order valence-electron chi connectivity index (χ0n) is 12.4. The molecule has 0 radical (unpaired) electrons. The number of hydrogen-bond acceptors (Lipinski definition) is 3. The number of hydrogen-bond donors (Lipinski definition) is 2. The quantitative estimate of drug-likeness (QED) is 0.752. The molecule has 3 aromatic rings. The van der Waals surface area contributed by atoms with Gasteiger partial charge in [-0.25, -0.2) is 0 Å². The smallest absolute Gasteiger partial charge is 0.153 e. The van der Waals surface area contributed by atoms with Crippen molar-refractivity contribution in [2.45, 2.75) is 20.8 Å². The number of benzene rings is 1. The molecule has 0 aliphatic carbocycles. The first-order chi connectivity index (χ1) is 10.1. The van der Waals surface area contributed by atoms with Crippen LogP contribution in [0.25, 0.3) is 22.4 Å². The molecule has 1 aromatic carbocycles. The van der Waals surface area contributed by atoms with Crippen LogP contribution < -0.4 is 5.73 Å². The Morgan fingerprint density at radius 1 is 0.952 bits per heavy atom. The van der Waals surface area contributed by atoms with Crippen LogP contribution in [0, 0.1) is 20.8 Å². The summed E-state index contributed by atoms with van der Waals surface area (Å²) in [5.74, 6) is 0.509. The minimum atomic E-state index is 0.509. The number of aromatic nitrogens is 3. The van der Waals surface area contributed by atoms with E-state index in [9.17, 15) is 0 Å². The Kier molecular flexibility index (Phi) is 3.22. The van der Waals surface area contributed by atoms with E-state index in [1.54, 1.807) is 0 Å². The van der Waals surface area contributed by atoms with E-state index in [0.29, 0.717) is 5.82 Å². The molecule has 4 nitrogen and oxygen atoms in total. The monoisotopic (exact) mass is 278 g/mol. The van der Waals surface area contributed by atoms with Crippen molar-refractivity contribution in [2.75, 3.05) is 5.73 Å². The second kappa shape index (κ2) is 5.05. The Morgan fingerprint density at radius 3 is 2.48 bits per heavy atom. The molecule has 0 fully saturated rings. The van der Waals surface area contributed by atoms with Crippen LogP contribution in [0.1, 0.15) is 16.7 Å². The number of rotatable bonds is 2. The summed E-state index contributed by atoms with van der Waals surface area (Å²) in [6.45, 7) is 6.22. The third-order valence-electron chi connectivity index (χ3n) is 3.75. The van der Waals surface area contributed by atoms with E-state index in [0.717, 1.165) is 27.9 Å². The highest BCUT2D eigenvalue weighted by Crippen LogP contribution is 2.35. The van der Waals surface area contributed by atoms with Crippen molar-refractivity contribution < 1.29 is 0 Å². The van der Waals surface area contributed by atoms with Crippen molar-refractivity contribution in [3.63, 3.8) is 0 Å². The fraction of sp³-hybridized carbons (Fsp3) is 0.176. The van der Waals surface area contributed by atoms with E-state index in [4.69, 9.17) is 5.73 Å². The Morgan fingerprint density at radius 2 is 1.76 bits per heavy atom. The minimum absolute atomic E-state index is 0.509. The maximum Gasteiger partial charge on any atom is 0.153 e. The lowest BCUT2D eigenvalue weighted by Gasteiger charge is -2.08. The fourth-order valence-corrected chi connectivity index (χ4v) is 2.45. The molecular weight excluding hydrogens is 260 g/mol. The molecule has 4 heteroatoms. The van der Waals surface area contributed by atoms with Gasteiger partial charge >= 0.3 is 0 Å². The summed E-state index contributed by atoms with van der Waals surface area (Å²) in [6, 6.07) is 8.40. The van der Waals surface area contributed by atoms with Gasteiger partial charge in [0.2, 0.25) is 0 Å². The van der Waals surface area contributed by atoms with Crippen molar-refractivity contribution in [2.24, 2.45) is 0 Å². The Labute approximate surface area is 124 Å². The summed E-state index contributed by atoms with van der Waals surface area (Å²) < 4.78 is 0. The lowest BCUT2D eigenvalue weighted by Crippen LogP contribution is -1.91. The SMILES string of the molecule is Cc1cncc(-c2[nH]nc(N)c2-c2ccc(C)c(C)c2)c1. The summed E-state index contributed by atoms with van der Waals surface area (Å²) in [6.07, 6.45) is 3.66. The van der Waals surface area contributed by atoms with Crippen molar-refractivity contribution >= 4 is 5.82 Å². The highest BCUT2D eigenvalue weighted by Gasteiger charge is 2.15. The summed E-state index contributed by atoms with van der Waals surface area (Å²) in [4.78, 5) is 4.25. The molecule has 0 spiro atoms. The minimum Gasteiger partial charge on any atom is -0.382 e. The van der Waals surface area contributed by atoms with Crippen LogP contribution in [-0.4, -0.2) is 15.2 Å². The Bertz CT molecular complexity index is 802. The maximum atomic E-state index is 6.07. The zero-order valence-corrected chi connectivity index (χ0v) is 12.4. The number of nitrogen functional groups attached to an aromatic ring is 1. The molecule has 0 atom stereocenters. The van der Waals surface area contributed by atoms with Gasteiger partial charge in [-0.3, -0.25) is 10.1 Å². The first-order valence-corrected chi connectivity index (χ1v) is 6.90. The van der Waals surface area contributed by atoms with Gasteiger partial charge in [-0.2, -0.15) is 5.10 Å². The molecule has 106 valence electrons. The molecule has 2 aromatic heterocycles. The molecule has 3 N–H and O–H groups in total. The second-order valence-corrected chi connectivity index (χ2v) is 5.41. The average Bonchev–Trinajstić information content (AvgIpc) is 2.84. The van der Waals surface area contributed by atoms with Gasteiger partial charge in [0.05, 0.1) is 11.3 Å². The number of nitrogens with one attached hydrogen (secondary N) is 1. The lowest BCUT2D eigenvalue weighted by molar-refractivity contribution is 1.10. The van der Waals surface area contributed by atoms with Crippen LogP contribution in [0.4, 0.5) is 5.82 Å². The van der Waals surface area contributed by atoms with Crippen molar-refractivity contribution in [1.82, 2.24) is 15.2 Å². The molecule has 0 aliphatic rings. The van der Waals surface area contributed by atoms with Crippen LogP contribution in [-0.2, 0) is 0 Å². The van der Waals surface area contributed by atoms with Gasteiger partial charge < -0.3 is 5.73 Å². The molecular formula is C17H18N4. The molecule has 0 aliphatic heterocycles. The fourth-order valence-electron chi connectivity index (χ4n) is 2.45. The number of nitrogens with two attached hydrogens (primary N) is 1. The number of pyridine rings is 1. The van der Waals surface area contributed by atoms with E-state index in [2.05, 4.69) is 53.3 Å². The first kappa shape index (κ1) is 13.4. The predicted octanol–water partition coefficient (Wildman–Crippen LogP) is 3.65. The van der Waals surface area contributed by atoms with Crippen molar-refractivity contribution in [3.05, 3.63) is 53.3 Å². The maximum absolute atomic E-state index is 6.07. The zero-order chi connectivity index (χ0) is 15.0. The Hall–Kier alpha value is -2.62.